The Morgan fingerprint density at radius 1 is 1.06 bits per heavy atom. The lowest BCUT2D eigenvalue weighted by atomic mass is 10.1. The summed E-state index contributed by atoms with van der Waals surface area (Å²) in [5.41, 5.74) is -0.443. The van der Waals surface area contributed by atoms with Crippen molar-refractivity contribution in [1.82, 2.24) is 9.21 Å². The first kappa shape index (κ1) is 13.4. The summed E-state index contributed by atoms with van der Waals surface area (Å²) < 4.78 is 1.48. The summed E-state index contributed by atoms with van der Waals surface area (Å²) in [5.74, 6) is -0.116. The van der Waals surface area contributed by atoms with Crippen LogP contribution in [0.3, 0.4) is 0 Å². The van der Waals surface area contributed by atoms with Gasteiger partial charge in [-0.05, 0) is 53.5 Å². The number of imide groups is 1. The Morgan fingerprint density at radius 2 is 1.56 bits per heavy atom. The highest BCUT2D eigenvalue weighted by atomic mass is 32.2. The molecule has 1 aliphatic heterocycles. The minimum atomic E-state index is -0.443. The van der Waals surface area contributed by atoms with Crippen molar-refractivity contribution in [2.45, 2.75) is 51.8 Å². The van der Waals surface area contributed by atoms with E-state index < -0.39 is 5.54 Å². The molecule has 4 nitrogen and oxygen atoms in total. The van der Waals surface area contributed by atoms with E-state index in [9.17, 15) is 9.59 Å². The molecule has 0 aromatic rings. The van der Waals surface area contributed by atoms with E-state index in [1.165, 1.54) is 16.8 Å². The topological polar surface area (TPSA) is 40.6 Å². The molecule has 0 aromatic heterocycles. The molecule has 0 bridgehead atoms. The van der Waals surface area contributed by atoms with E-state index in [2.05, 4.69) is 0 Å². The number of hydrogen-bond donors (Lipinski definition) is 0. The molecular weight excluding hydrogens is 224 g/mol. The van der Waals surface area contributed by atoms with Gasteiger partial charge in [0.2, 0.25) is 0 Å². The molecule has 92 valence electrons. The molecule has 0 spiro atoms. The molecule has 0 N–H and O–H groups in total. The molecular formula is C11H20N2O2S. The lowest BCUT2D eigenvalue weighted by Gasteiger charge is -2.30. The number of carbonyl (C=O) groups is 2. The van der Waals surface area contributed by atoms with Gasteiger partial charge in [-0.15, -0.1) is 0 Å². The van der Waals surface area contributed by atoms with Crippen LogP contribution in [0.25, 0.3) is 0 Å². The number of nitrogens with zero attached hydrogens (tertiary/aromatic N) is 2. The SMILES string of the molecule is CC(C)(C)SN1CC(=O)N(C(C)(C)C)C1=O. The Bertz CT molecular complexity index is 315. The van der Waals surface area contributed by atoms with Gasteiger partial charge in [0, 0.05) is 10.3 Å². The van der Waals surface area contributed by atoms with E-state index in [1.54, 1.807) is 4.31 Å². The van der Waals surface area contributed by atoms with Crippen molar-refractivity contribution in [1.29, 1.82) is 0 Å². The maximum absolute atomic E-state index is 12.1. The number of urea groups is 1. The highest BCUT2D eigenvalue weighted by molar-refractivity contribution is 7.98. The van der Waals surface area contributed by atoms with Crippen molar-refractivity contribution < 1.29 is 9.59 Å². The fourth-order valence-corrected chi connectivity index (χ4v) is 2.54. The first-order valence-electron chi connectivity index (χ1n) is 5.36. The maximum Gasteiger partial charge on any atom is 0.337 e. The Hall–Kier alpha value is -0.710. The predicted molar refractivity (Wildman–Crippen MR) is 66.0 cm³/mol. The molecule has 0 aliphatic carbocycles. The van der Waals surface area contributed by atoms with E-state index in [-0.39, 0.29) is 23.2 Å². The van der Waals surface area contributed by atoms with Crippen LogP contribution in [0.2, 0.25) is 0 Å². The van der Waals surface area contributed by atoms with Crippen molar-refractivity contribution in [3.63, 3.8) is 0 Å². The molecule has 3 amide bonds. The molecule has 1 saturated heterocycles. The Morgan fingerprint density at radius 3 is 1.88 bits per heavy atom. The summed E-state index contributed by atoms with van der Waals surface area (Å²) in [4.78, 5) is 25.2. The zero-order chi connectivity index (χ0) is 12.7. The number of carbonyl (C=O) groups excluding carboxylic acids is 2. The summed E-state index contributed by atoms with van der Waals surface area (Å²) in [6.45, 7) is 11.9. The molecule has 0 radical (unpaired) electrons. The van der Waals surface area contributed by atoms with Crippen molar-refractivity contribution in [2.75, 3.05) is 6.54 Å². The summed E-state index contributed by atoms with van der Waals surface area (Å²) in [6.07, 6.45) is 0. The zero-order valence-electron chi connectivity index (χ0n) is 10.8. The van der Waals surface area contributed by atoms with Gasteiger partial charge >= 0.3 is 6.03 Å². The molecule has 0 saturated carbocycles. The second-order valence-corrected chi connectivity index (χ2v) is 7.77. The summed E-state index contributed by atoms with van der Waals surface area (Å²) in [7, 11) is 0. The van der Waals surface area contributed by atoms with Gasteiger partial charge in [0.15, 0.2) is 0 Å². The van der Waals surface area contributed by atoms with Crippen LogP contribution in [0.15, 0.2) is 0 Å². The Labute approximate surface area is 101 Å². The van der Waals surface area contributed by atoms with Crippen LogP contribution in [-0.2, 0) is 4.79 Å². The van der Waals surface area contributed by atoms with E-state index in [4.69, 9.17) is 0 Å². The van der Waals surface area contributed by atoms with Crippen LogP contribution in [0, 0.1) is 0 Å². The van der Waals surface area contributed by atoms with Gasteiger partial charge in [-0.1, -0.05) is 0 Å². The van der Waals surface area contributed by atoms with Gasteiger partial charge in [-0.2, -0.15) is 0 Å². The number of rotatable bonds is 1. The van der Waals surface area contributed by atoms with E-state index in [0.717, 1.165) is 0 Å². The van der Waals surface area contributed by atoms with Gasteiger partial charge in [0.05, 0.1) is 0 Å². The first-order valence-corrected chi connectivity index (χ1v) is 6.13. The molecule has 1 rings (SSSR count). The number of hydrogen-bond acceptors (Lipinski definition) is 3. The van der Waals surface area contributed by atoms with E-state index in [0.29, 0.717) is 0 Å². The first-order chi connectivity index (χ1) is 7.02. The molecule has 0 atom stereocenters. The minimum absolute atomic E-state index is 0.0656. The quantitative estimate of drug-likeness (QED) is 0.525. The van der Waals surface area contributed by atoms with Crippen LogP contribution in [-0.4, -0.2) is 38.0 Å². The largest absolute Gasteiger partial charge is 0.337 e. The van der Waals surface area contributed by atoms with Crippen molar-refractivity contribution in [3.05, 3.63) is 0 Å². The van der Waals surface area contributed by atoms with Crippen molar-refractivity contribution >= 4 is 23.9 Å². The molecule has 5 heteroatoms. The van der Waals surface area contributed by atoms with Crippen LogP contribution in [0.1, 0.15) is 41.5 Å². The molecule has 16 heavy (non-hydrogen) atoms. The monoisotopic (exact) mass is 244 g/mol. The van der Waals surface area contributed by atoms with Crippen molar-refractivity contribution in [3.8, 4) is 0 Å². The highest BCUT2D eigenvalue weighted by Gasteiger charge is 2.43. The van der Waals surface area contributed by atoms with Crippen LogP contribution in [0.5, 0.6) is 0 Å². The standard InChI is InChI=1S/C11H20N2O2S/c1-10(2,3)13-8(14)7-12(9(13)15)16-11(4,5)6/h7H2,1-6H3. The average molecular weight is 244 g/mol. The summed E-state index contributed by atoms with van der Waals surface area (Å²) >= 11 is 1.42. The van der Waals surface area contributed by atoms with Crippen LogP contribution >= 0.6 is 11.9 Å². The second kappa shape index (κ2) is 3.95. The Kier molecular flexibility index (Phi) is 3.29. The smallest absolute Gasteiger partial charge is 0.272 e. The fourth-order valence-electron chi connectivity index (χ4n) is 1.54. The lowest BCUT2D eigenvalue weighted by Crippen LogP contribution is -2.45. The number of amides is 3. The van der Waals surface area contributed by atoms with E-state index >= 15 is 0 Å². The molecule has 1 fully saturated rings. The highest BCUT2D eigenvalue weighted by Crippen LogP contribution is 2.33. The molecule has 0 aromatic carbocycles. The van der Waals surface area contributed by atoms with Gasteiger partial charge < -0.3 is 0 Å². The second-order valence-electron chi connectivity index (χ2n) is 5.92. The predicted octanol–water partition coefficient (Wildman–Crippen LogP) is 2.50. The summed E-state index contributed by atoms with van der Waals surface area (Å²) in [6, 6.07) is -0.197. The summed E-state index contributed by atoms with van der Waals surface area (Å²) in [5, 5.41) is 0. The lowest BCUT2D eigenvalue weighted by molar-refractivity contribution is -0.128. The van der Waals surface area contributed by atoms with Gasteiger partial charge in [-0.3, -0.25) is 14.0 Å². The zero-order valence-corrected chi connectivity index (χ0v) is 11.6. The third kappa shape index (κ3) is 2.90. The fraction of sp³-hybridized carbons (Fsp3) is 0.818. The average Bonchev–Trinajstić information content (AvgIpc) is 2.21. The molecule has 0 unspecified atom stereocenters. The van der Waals surface area contributed by atoms with Crippen molar-refractivity contribution in [2.24, 2.45) is 0 Å². The Balaban J connectivity index is 2.83. The van der Waals surface area contributed by atoms with Crippen LogP contribution in [0.4, 0.5) is 4.79 Å². The van der Waals surface area contributed by atoms with Gasteiger partial charge in [-0.25, -0.2) is 4.79 Å². The minimum Gasteiger partial charge on any atom is -0.272 e. The maximum atomic E-state index is 12.1. The molecule has 1 aliphatic rings. The van der Waals surface area contributed by atoms with Gasteiger partial charge in [0.25, 0.3) is 5.91 Å². The third-order valence-corrected chi connectivity index (χ3v) is 3.04. The molecule has 1 heterocycles. The van der Waals surface area contributed by atoms with Gasteiger partial charge in [0.1, 0.15) is 6.54 Å². The van der Waals surface area contributed by atoms with Crippen LogP contribution < -0.4 is 0 Å². The van der Waals surface area contributed by atoms with E-state index in [1.807, 2.05) is 41.5 Å². The third-order valence-electron chi connectivity index (χ3n) is 1.99. The normalized spacial score (nSPS) is 18.6.